The number of hydrogen-bond donors (Lipinski definition) is 0. The first-order valence-corrected chi connectivity index (χ1v) is 14.1. The molecule has 0 N–H and O–H groups in total. The van der Waals surface area contributed by atoms with Crippen LogP contribution in [-0.4, -0.2) is 26.6 Å². The maximum Gasteiger partial charge on any atom is 0.233 e. The Hall–Kier alpha value is -1.92. The van der Waals surface area contributed by atoms with E-state index >= 15 is 0 Å². The fraction of sp³-hybridized carbons (Fsp3) is 0.318. The van der Waals surface area contributed by atoms with Gasteiger partial charge >= 0.3 is 0 Å². The van der Waals surface area contributed by atoms with Crippen LogP contribution in [0, 0.1) is 0 Å². The highest BCUT2D eigenvalue weighted by molar-refractivity contribution is 6.96. The predicted molar refractivity (Wildman–Crippen MR) is 123 cm³/mol. The lowest BCUT2D eigenvalue weighted by Gasteiger charge is -2.52. The number of allylic oxidation sites excluding steroid dienone is 6. The van der Waals surface area contributed by atoms with Crippen LogP contribution in [0.5, 0.6) is 0 Å². The van der Waals surface area contributed by atoms with E-state index in [1.165, 1.54) is 0 Å². The van der Waals surface area contributed by atoms with Crippen molar-refractivity contribution in [3.63, 3.8) is 0 Å². The zero-order chi connectivity index (χ0) is 20.2. The molecule has 0 aromatic heterocycles. The van der Waals surface area contributed by atoms with Crippen molar-refractivity contribution in [1.29, 1.82) is 0 Å². The lowest BCUT2D eigenvalue weighted by atomic mass is 10.3. The highest BCUT2D eigenvalue weighted by atomic mass is 28.4. The van der Waals surface area contributed by atoms with Gasteiger partial charge in [-0.15, -0.1) is 39.5 Å². The Morgan fingerprint density at radius 2 is 0.923 bits per heavy atom. The van der Waals surface area contributed by atoms with Gasteiger partial charge in [0.15, 0.2) is 16.5 Å². The topological polar surface area (TPSA) is 20.3 Å². The largest absolute Gasteiger partial charge is 0.390 e. The monoisotopic (exact) mass is 385 g/mol. The molecule has 0 aliphatic rings. The Kier molecular flexibility index (Phi) is 10.8. The molecule has 0 spiro atoms. The van der Waals surface area contributed by atoms with Gasteiger partial charge in [-0.2, -0.15) is 0 Å². The van der Waals surface area contributed by atoms with E-state index in [4.69, 9.17) is 0 Å². The molecule has 26 heavy (non-hydrogen) atoms. The molecule has 0 saturated carbocycles. The molecule has 2 nitrogen and oxygen atoms in total. The van der Waals surface area contributed by atoms with E-state index in [2.05, 4.69) is 50.3 Å². The Morgan fingerprint density at radius 1 is 0.692 bits per heavy atom. The SMILES string of the molecule is C=CC[Si](CC=C)(CC=C)N(C(=O)C(=C)C)[Si](CC=C)(CC=C)CC=C. The van der Waals surface area contributed by atoms with Gasteiger partial charge in [0, 0.05) is 5.57 Å². The van der Waals surface area contributed by atoms with Crippen LogP contribution in [0.3, 0.4) is 0 Å². The van der Waals surface area contributed by atoms with E-state index in [-0.39, 0.29) is 5.91 Å². The third-order valence-corrected chi connectivity index (χ3v) is 16.1. The minimum atomic E-state index is -2.31. The van der Waals surface area contributed by atoms with Gasteiger partial charge in [-0.25, -0.2) is 0 Å². The Morgan fingerprint density at radius 3 is 1.08 bits per heavy atom. The predicted octanol–water partition coefficient (Wildman–Crippen LogP) is 6.40. The molecule has 0 fully saturated rings. The summed E-state index contributed by atoms with van der Waals surface area (Å²) < 4.78 is 2.25. The van der Waals surface area contributed by atoms with E-state index in [9.17, 15) is 4.79 Å². The average Bonchev–Trinajstić information content (AvgIpc) is 2.56. The van der Waals surface area contributed by atoms with E-state index in [1.54, 1.807) is 6.92 Å². The summed E-state index contributed by atoms with van der Waals surface area (Å²) in [7, 11) is -4.62. The number of carbonyl (C=O) groups is 1. The molecule has 0 atom stereocenters. The molecule has 0 aliphatic heterocycles. The van der Waals surface area contributed by atoms with Crippen LogP contribution in [0.15, 0.2) is 88.1 Å². The molecular weight excluding hydrogens is 350 g/mol. The zero-order valence-electron chi connectivity index (χ0n) is 16.5. The molecule has 0 aromatic rings. The Labute approximate surface area is 162 Å². The van der Waals surface area contributed by atoms with Crippen molar-refractivity contribution in [1.82, 2.24) is 4.23 Å². The molecule has 0 radical (unpaired) electrons. The number of rotatable bonds is 15. The van der Waals surface area contributed by atoms with Crippen molar-refractivity contribution in [2.45, 2.75) is 43.2 Å². The van der Waals surface area contributed by atoms with E-state index in [0.717, 1.165) is 36.3 Å². The number of hydrogen-bond acceptors (Lipinski definition) is 1. The Bertz CT molecular complexity index is 486. The lowest BCUT2D eigenvalue weighted by molar-refractivity contribution is -0.120. The fourth-order valence-corrected chi connectivity index (χ4v) is 16.0. The molecule has 0 heterocycles. The molecule has 0 bridgehead atoms. The highest BCUT2D eigenvalue weighted by Crippen LogP contribution is 2.38. The van der Waals surface area contributed by atoms with Crippen LogP contribution in [0.4, 0.5) is 0 Å². The molecule has 142 valence electrons. The van der Waals surface area contributed by atoms with Crippen molar-refractivity contribution in [2.24, 2.45) is 0 Å². The van der Waals surface area contributed by atoms with Gasteiger partial charge in [0.05, 0.1) is 0 Å². The standard InChI is InChI=1S/C22H35NOSi2/c1-9-15-25(16-10-2,17-11-3)23(22(24)21(7)8)26(18-12-4,19-13-5)20-14-6/h9-14H,1-7,15-20H2,8H3. The fourth-order valence-electron chi connectivity index (χ4n) is 3.78. The van der Waals surface area contributed by atoms with Gasteiger partial charge in [0.1, 0.15) is 0 Å². The first kappa shape index (κ1) is 24.1. The van der Waals surface area contributed by atoms with E-state index in [0.29, 0.717) is 5.57 Å². The summed E-state index contributed by atoms with van der Waals surface area (Å²) in [5, 5.41) is 0. The summed E-state index contributed by atoms with van der Waals surface area (Å²) in [6.45, 7) is 29.6. The van der Waals surface area contributed by atoms with Gasteiger partial charge in [-0.3, -0.25) is 4.79 Å². The van der Waals surface area contributed by atoms with E-state index < -0.39 is 16.5 Å². The summed E-state index contributed by atoms with van der Waals surface area (Å²) >= 11 is 0. The summed E-state index contributed by atoms with van der Waals surface area (Å²) in [5.41, 5.74) is 0.563. The Balaban J connectivity index is 6.86. The second-order valence-corrected chi connectivity index (χ2v) is 15.5. The van der Waals surface area contributed by atoms with E-state index in [1.807, 2.05) is 36.5 Å². The van der Waals surface area contributed by atoms with Crippen molar-refractivity contribution >= 4 is 22.4 Å². The van der Waals surface area contributed by atoms with Crippen LogP contribution in [0.1, 0.15) is 6.92 Å². The molecular formula is C22H35NOSi2. The van der Waals surface area contributed by atoms with Crippen molar-refractivity contribution in [2.75, 3.05) is 0 Å². The van der Waals surface area contributed by atoms with Crippen LogP contribution in [0.2, 0.25) is 36.3 Å². The molecule has 0 saturated heterocycles. The molecule has 0 aromatic carbocycles. The van der Waals surface area contributed by atoms with Crippen LogP contribution >= 0.6 is 0 Å². The molecule has 0 aliphatic carbocycles. The molecule has 0 unspecified atom stereocenters. The van der Waals surface area contributed by atoms with Crippen LogP contribution in [-0.2, 0) is 4.79 Å². The van der Waals surface area contributed by atoms with Gasteiger partial charge in [0.25, 0.3) is 0 Å². The van der Waals surface area contributed by atoms with Gasteiger partial charge in [-0.05, 0) is 43.2 Å². The average molecular weight is 386 g/mol. The third-order valence-electron chi connectivity index (χ3n) is 4.66. The zero-order valence-corrected chi connectivity index (χ0v) is 18.5. The molecule has 1 amide bonds. The summed E-state index contributed by atoms with van der Waals surface area (Å²) in [6, 6.07) is 4.78. The van der Waals surface area contributed by atoms with Crippen molar-refractivity contribution < 1.29 is 4.79 Å². The van der Waals surface area contributed by atoms with Crippen molar-refractivity contribution in [3.05, 3.63) is 88.1 Å². The lowest BCUT2D eigenvalue weighted by Crippen LogP contribution is -2.68. The normalized spacial score (nSPS) is 11.1. The molecule has 0 rings (SSSR count). The van der Waals surface area contributed by atoms with Crippen molar-refractivity contribution in [3.8, 4) is 0 Å². The number of amides is 1. The minimum Gasteiger partial charge on any atom is -0.390 e. The third kappa shape index (κ3) is 5.54. The van der Waals surface area contributed by atoms with Gasteiger partial charge in [0.2, 0.25) is 5.91 Å². The number of nitrogens with zero attached hydrogens (tertiary/aromatic N) is 1. The first-order valence-electron chi connectivity index (χ1n) is 9.00. The quantitative estimate of drug-likeness (QED) is 0.181. The highest BCUT2D eigenvalue weighted by Gasteiger charge is 2.50. The summed E-state index contributed by atoms with van der Waals surface area (Å²) in [5.74, 6) is 0.0411. The second kappa shape index (κ2) is 11.7. The maximum atomic E-state index is 13.5. The minimum absolute atomic E-state index is 0.0411. The van der Waals surface area contributed by atoms with Gasteiger partial charge in [-0.1, -0.05) is 43.0 Å². The second-order valence-electron chi connectivity index (χ2n) is 6.83. The summed E-state index contributed by atoms with van der Waals surface area (Å²) in [4.78, 5) is 13.5. The first-order chi connectivity index (χ1) is 12.3. The molecule has 4 heteroatoms. The van der Waals surface area contributed by atoms with Gasteiger partial charge < -0.3 is 4.23 Å². The van der Waals surface area contributed by atoms with Crippen LogP contribution < -0.4 is 0 Å². The number of carbonyl (C=O) groups excluding carboxylic acids is 1. The maximum absolute atomic E-state index is 13.5. The summed E-state index contributed by atoms with van der Waals surface area (Å²) in [6.07, 6.45) is 11.6. The van der Waals surface area contributed by atoms with Crippen LogP contribution in [0.25, 0.3) is 0 Å². The smallest absolute Gasteiger partial charge is 0.233 e.